The van der Waals surface area contributed by atoms with E-state index in [0.29, 0.717) is 25.0 Å². The largest absolute Gasteiger partial charge is 0.492 e. The molecule has 2 aromatic carbocycles. The van der Waals surface area contributed by atoms with Gasteiger partial charge in [-0.15, -0.1) is 0 Å². The van der Waals surface area contributed by atoms with E-state index in [1.54, 1.807) is 6.08 Å². The van der Waals surface area contributed by atoms with Gasteiger partial charge in [0.15, 0.2) is 0 Å². The number of fused-ring (bicyclic) bond motifs is 1. The molecule has 0 saturated carbocycles. The van der Waals surface area contributed by atoms with Gasteiger partial charge in [0.05, 0.1) is 5.92 Å². The molecule has 2 aromatic rings. The average molecular weight is 312 g/mol. The van der Waals surface area contributed by atoms with Crippen molar-refractivity contribution >= 4 is 23.0 Å². The Kier molecular flexibility index (Phi) is 6.36. The Bertz CT molecular complexity index is 685. The number of unbranched alkanes of at least 4 members (excludes halogenated alkanes) is 1. The molecule has 4 nitrogen and oxygen atoms in total. The third-order valence-corrected chi connectivity index (χ3v) is 3.68. The molecule has 2 rings (SSSR count). The summed E-state index contributed by atoms with van der Waals surface area (Å²) in [6.45, 7) is 0.140. The van der Waals surface area contributed by atoms with Crippen LogP contribution in [0.1, 0.15) is 19.3 Å². The Morgan fingerprint density at radius 3 is 2.74 bits per heavy atom. The summed E-state index contributed by atoms with van der Waals surface area (Å²) in [6, 6.07) is 13.6. The Balaban J connectivity index is 1.96. The molecule has 0 aromatic heterocycles. The molecule has 0 amide bonds. The monoisotopic (exact) mass is 312 g/mol. The maximum Gasteiger partial charge on any atom is 0.309 e. The second kappa shape index (κ2) is 8.73. The van der Waals surface area contributed by atoms with Crippen molar-refractivity contribution in [3.05, 3.63) is 54.6 Å². The van der Waals surface area contributed by atoms with Crippen LogP contribution in [-0.2, 0) is 9.59 Å². The van der Waals surface area contributed by atoms with Gasteiger partial charge in [0, 0.05) is 5.39 Å². The van der Waals surface area contributed by atoms with E-state index in [9.17, 15) is 14.7 Å². The van der Waals surface area contributed by atoms with Gasteiger partial charge in [-0.3, -0.25) is 9.59 Å². The molecular formula is C19H20O4. The SMILES string of the molecule is O=CC=CCCCC(COc1cccc2ccccc12)C(=O)O. The van der Waals surface area contributed by atoms with E-state index in [2.05, 4.69) is 0 Å². The molecule has 0 aliphatic rings. The van der Waals surface area contributed by atoms with Crippen LogP contribution >= 0.6 is 0 Å². The highest BCUT2D eigenvalue weighted by Gasteiger charge is 2.18. The number of carbonyl (C=O) groups excluding carboxylic acids is 1. The molecule has 120 valence electrons. The Labute approximate surface area is 135 Å². The number of hydrogen-bond donors (Lipinski definition) is 1. The quantitative estimate of drug-likeness (QED) is 0.434. The van der Waals surface area contributed by atoms with Crippen molar-refractivity contribution in [1.82, 2.24) is 0 Å². The van der Waals surface area contributed by atoms with Crippen LogP contribution in [0.2, 0.25) is 0 Å². The summed E-state index contributed by atoms with van der Waals surface area (Å²) >= 11 is 0. The second-order valence-corrected chi connectivity index (χ2v) is 5.32. The molecule has 0 aliphatic carbocycles. The maximum absolute atomic E-state index is 11.4. The average Bonchev–Trinajstić information content (AvgIpc) is 2.57. The topological polar surface area (TPSA) is 63.6 Å². The fraction of sp³-hybridized carbons (Fsp3) is 0.263. The van der Waals surface area contributed by atoms with Crippen molar-refractivity contribution < 1.29 is 19.4 Å². The van der Waals surface area contributed by atoms with Crippen molar-refractivity contribution in [2.45, 2.75) is 19.3 Å². The fourth-order valence-corrected chi connectivity index (χ4v) is 2.42. The van der Waals surface area contributed by atoms with E-state index in [-0.39, 0.29) is 6.61 Å². The van der Waals surface area contributed by atoms with E-state index in [1.165, 1.54) is 6.08 Å². The van der Waals surface area contributed by atoms with Gasteiger partial charge in [0.2, 0.25) is 0 Å². The zero-order valence-electron chi connectivity index (χ0n) is 12.9. The summed E-state index contributed by atoms with van der Waals surface area (Å²) in [5, 5.41) is 11.4. The van der Waals surface area contributed by atoms with Gasteiger partial charge in [-0.25, -0.2) is 0 Å². The highest BCUT2D eigenvalue weighted by atomic mass is 16.5. The van der Waals surface area contributed by atoms with E-state index >= 15 is 0 Å². The van der Waals surface area contributed by atoms with Crippen LogP contribution in [0.4, 0.5) is 0 Å². The number of aliphatic carboxylic acids is 1. The number of rotatable bonds is 9. The minimum atomic E-state index is -0.857. The van der Waals surface area contributed by atoms with Gasteiger partial charge in [-0.2, -0.15) is 0 Å². The Morgan fingerprint density at radius 2 is 1.96 bits per heavy atom. The Hall–Kier alpha value is -2.62. The maximum atomic E-state index is 11.4. The number of benzene rings is 2. The molecule has 0 spiro atoms. The first-order valence-corrected chi connectivity index (χ1v) is 7.66. The van der Waals surface area contributed by atoms with Crippen molar-refractivity contribution in [1.29, 1.82) is 0 Å². The van der Waals surface area contributed by atoms with Gasteiger partial charge in [-0.05, 0) is 36.8 Å². The third-order valence-electron chi connectivity index (χ3n) is 3.68. The number of carboxylic acid groups (broad SMARTS) is 1. The second-order valence-electron chi connectivity index (χ2n) is 5.32. The first kappa shape index (κ1) is 16.7. The lowest BCUT2D eigenvalue weighted by Gasteiger charge is -2.14. The molecule has 0 heterocycles. The normalized spacial score (nSPS) is 12.3. The molecule has 0 radical (unpaired) electrons. The van der Waals surface area contributed by atoms with Crippen molar-refractivity contribution in [2.24, 2.45) is 5.92 Å². The lowest BCUT2D eigenvalue weighted by molar-refractivity contribution is -0.143. The van der Waals surface area contributed by atoms with E-state index in [0.717, 1.165) is 17.1 Å². The van der Waals surface area contributed by atoms with Crippen molar-refractivity contribution in [2.75, 3.05) is 6.61 Å². The zero-order valence-corrected chi connectivity index (χ0v) is 12.9. The van der Waals surface area contributed by atoms with Crippen LogP contribution in [0.15, 0.2) is 54.6 Å². The molecule has 0 aliphatic heterocycles. The summed E-state index contributed by atoms with van der Waals surface area (Å²) in [6.07, 6.45) is 5.82. The fourth-order valence-electron chi connectivity index (χ4n) is 2.42. The lowest BCUT2D eigenvalue weighted by atomic mass is 10.0. The molecule has 4 heteroatoms. The number of allylic oxidation sites excluding steroid dienone is 2. The molecule has 0 saturated heterocycles. The number of hydrogen-bond acceptors (Lipinski definition) is 3. The summed E-state index contributed by atoms with van der Waals surface area (Å²) in [4.78, 5) is 21.5. The number of carbonyl (C=O) groups is 2. The predicted molar refractivity (Wildman–Crippen MR) is 89.6 cm³/mol. The smallest absolute Gasteiger partial charge is 0.309 e. The molecule has 0 bridgehead atoms. The number of carboxylic acids is 1. The molecular weight excluding hydrogens is 292 g/mol. The third kappa shape index (κ3) is 4.95. The van der Waals surface area contributed by atoms with Crippen LogP contribution in [0.3, 0.4) is 0 Å². The van der Waals surface area contributed by atoms with Gasteiger partial charge in [0.25, 0.3) is 0 Å². The molecule has 1 unspecified atom stereocenters. The number of ether oxygens (including phenoxy) is 1. The number of aldehydes is 1. The van der Waals surface area contributed by atoms with Crippen LogP contribution in [0, 0.1) is 5.92 Å². The molecule has 1 N–H and O–H groups in total. The van der Waals surface area contributed by atoms with Gasteiger partial charge in [-0.1, -0.05) is 42.5 Å². The minimum absolute atomic E-state index is 0.140. The summed E-state index contributed by atoms with van der Waals surface area (Å²) in [7, 11) is 0. The van der Waals surface area contributed by atoms with Crippen molar-refractivity contribution in [3.63, 3.8) is 0 Å². The zero-order chi connectivity index (χ0) is 16.5. The molecule has 0 fully saturated rings. The molecule has 1 atom stereocenters. The summed E-state index contributed by atoms with van der Waals surface area (Å²) < 4.78 is 5.77. The van der Waals surface area contributed by atoms with Crippen LogP contribution in [0.5, 0.6) is 5.75 Å². The summed E-state index contributed by atoms with van der Waals surface area (Å²) in [5.74, 6) is -0.710. The van der Waals surface area contributed by atoms with Gasteiger partial charge in [0.1, 0.15) is 18.6 Å². The van der Waals surface area contributed by atoms with Crippen LogP contribution in [-0.4, -0.2) is 24.0 Å². The van der Waals surface area contributed by atoms with Crippen molar-refractivity contribution in [3.8, 4) is 5.75 Å². The van der Waals surface area contributed by atoms with E-state index in [4.69, 9.17) is 4.74 Å². The Morgan fingerprint density at radius 1 is 1.17 bits per heavy atom. The van der Waals surface area contributed by atoms with E-state index in [1.807, 2.05) is 42.5 Å². The van der Waals surface area contributed by atoms with E-state index < -0.39 is 11.9 Å². The first-order valence-electron chi connectivity index (χ1n) is 7.66. The highest BCUT2D eigenvalue weighted by molar-refractivity contribution is 5.88. The lowest BCUT2D eigenvalue weighted by Crippen LogP contribution is -2.21. The standard InChI is InChI=1S/C19H20O4/c20-13-6-2-1-3-9-16(19(21)22)14-23-18-12-7-10-15-8-4-5-11-17(15)18/h2,4-8,10-13,16H,1,3,9,14H2,(H,21,22). The molecule has 23 heavy (non-hydrogen) atoms. The predicted octanol–water partition coefficient (Wildman–Crippen LogP) is 3.84. The first-order chi connectivity index (χ1) is 11.2. The van der Waals surface area contributed by atoms with Crippen LogP contribution in [0.25, 0.3) is 10.8 Å². The van der Waals surface area contributed by atoms with Crippen LogP contribution < -0.4 is 4.74 Å². The highest BCUT2D eigenvalue weighted by Crippen LogP contribution is 2.26. The minimum Gasteiger partial charge on any atom is -0.492 e. The summed E-state index contributed by atoms with van der Waals surface area (Å²) in [5.41, 5.74) is 0. The van der Waals surface area contributed by atoms with Gasteiger partial charge >= 0.3 is 5.97 Å². The van der Waals surface area contributed by atoms with Gasteiger partial charge < -0.3 is 9.84 Å².